The summed E-state index contributed by atoms with van der Waals surface area (Å²) in [6.07, 6.45) is 0. The van der Waals surface area contributed by atoms with Gasteiger partial charge in [0.1, 0.15) is 4.60 Å². The molecule has 0 amide bonds. The van der Waals surface area contributed by atoms with Crippen LogP contribution in [0.15, 0.2) is 29.4 Å². The predicted molar refractivity (Wildman–Crippen MR) is 50.0 cm³/mol. The molecule has 0 spiro atoms. The van der Waals surface area contributed by atoms with Gasteiger partial charge in [-0.3, -0.25) is 0 Å². The van der Waals surface area contributed by atoms with Gasteiger partial charge < -0.3 is 5.73 Å². The van der Waals surface area contributed by atoms with Crippen molar-refractivity contribution < 1.29 is 0 Å². The van der Waals surface area contributed by atoms with Crippen molar-refractivity contribution in [2.75, 3.05) is 6.54 Å². The first kappa shape index (κ1) is 8.43. The molecule has 0 saturated carbocycles. The van der Waals surface area contributed by atoms with Gasteiger partial charge in [-0.1, -0.05) is 12.6 Å². The zero-order valence-corrected chi connectivity index (χ0v) is 7.63. The highest BCUT2D eigenvalue weighted by Crippen LogP contribution is 2.11. The molecule has 2 N–H and O–H groups in total. The number of pyridine rings is 1. The molecule has 1 rings (SSSR count). The smallest absolute Gasteiger partial charge is 0.106 e. The molecule has 0 aliphatic carbocycles. The van der Waals surface area contributed by atoms with Crippen LogP contribution in [-0.4, -0.2) is 11.5 Å². The minimum absolute atomic E-state index is 0.448. The minimum atomic E-state index is 0.448. The van der Waals surface area contributed by atoms with Gasteiger partial charge in [0.05, 0.1) is 5.69 Å². The topological polar surface area (TPSA) is 38.9 Å². The van der Waals surface area contributed by atoms with Crippen LogP contribution in [-0.2, 0) is 0 Å². The maximum atomic E-state index is 5.40. The minimum Gasteiger partial charge on any atom is -0.326 e. The maximum absolute atomic E-state index is 5.40. The highest BCUT2D eigenvalue weighted by molar-refractivity contribution is 9.10. The Morgan fingerprint density at radius 1 is 1.64 bits per heavy atom. The Morgan fingerprint density at radius 3 is 2.91 bits per heavy atom. The fourth-order valence-electron chi connectivity index (χ4n) is 0.710. The zero-order chi connectivity index (χ0) is 8.27. The van der Waals surface area contributed by atoms with Gasteiger partial charge in [0.2, 0.25) is 0 Å². The fraction of sp³-hybridized carbons (Fsp3) is 0.125. The van der Waals surface area contributed by atoms with E-state index in [1.807, 2.05) is 18.2 Å². The van der Waals surface area contributed by atoms with E-state index in [2.05, 4.69) is 27.5 Å². The third kappa shape index (κ3) is 2.13. The Labute approximate surface area is 74.3 Å². The van der Waals surface area contributed by atoms with Crippen molar-refractivity contribution in [3.8, 4) is 0 Å². The lowest BCUT2D eigenvalue weighted by molar-refractivity contribution is 1.18. The summed E-state index contributed by atoms with van der Waals surface area (Å²) in [6, 6.07) is 5.67. The molecule has 0 aliphatic heterocycles. The van der Waals surface area contributed by atoms with Crippen LogP contribution in [0.1, 0.15) is 5.69 Å². The van der Waals surface area contributed by atoms with Crippen molar-refractivity contribution in [3.63, 3.8) is 0 Å². The van der Waals surface area contributed by atoms with Crippen LogP contribution in [0.3, 0.4) is 0 Å². The molecule has 0 unspecified atom stereocenters. The molecule has 0 atom stereocenters. The number of aromatic nitrogens is 1. The standard InChI is InChI=1S/C8H9BrN2/c1-6(5-10)7-3-2-4-8(9)11-7/h2-4H,1,5,10H2. The molecule has 1 aromatic heterocycles. The molecule has 0 fully saturated rings. The van der Waals surface area contributed by atoms with Crippen molar-refractivity contribution in [2.45, 2.75) is 0 Å². The van der Waals surface area contributed by atoms with E-state index < -0.39 is 0 Å². The number of nitrogens with two attached hydrogens (primary N) is 1. The summed E-state index contributed by atoms with van der Waals surface area (Å²) in [6.45, 7) is 4.22. The summed E-state index contributed by atoms with van der Waals surface area (Å²) in [4.78, 5) is 4.18. The summed E-state index contributed by atoms with van der Waals surface area (Å²) >= 11 is 3.27. The number of nitrogens with zero attached hydrogens (tertiary/aromatic N) is 1. The van der Waals surface area contributed by atoms with Gasteiger partial charge in [-0.25, -0.2) is 4.98 Å². The van der Waals surface area contributed by atoms with Gasteiger partial charge in [-0.05, 0) is 33.6 Å². The van der Waals surface area contributed by atoms with Gasteiger partial charge in [-0.2, -0.15) is 0 Å². The normalized spacial score (nSPS) is 9.64. The maximum Gasteiger partial charge on any atom is 0.106 e. The van der Waals surface area contributed by atoms with Crippen LogP contribution in [0, 0.1) is 0 Å². The van der Waals surface area contributed by atoms with Crippen LogP contribution in [0.25, 0.3) is 5.57 Å². The largest absolute Gasteiger partial charge is 0.326 e. The van der Waals surface area contributed by atoms with E-state index in [0.29, 0.717) is 6.54 Å². The van der Waals surface area contributed by atoms with Crippen LogP contribution in [0.5, 0.6) is 0 Å². The van der Waals surface area contributed by atoms with Gasteiger partial charge in [0.15, 0.2) is 0 Å². The Bertz CT molecular complexity index is 271. The first-order valence-corrected chi connectivity index (χ1v) is 4.04. The average molecular weight is 213 g/mol. The molecule has 1 aromatic rings. The molecular formula is C8H9BrN2. The first-order valence-electron chi connectivity index (χ1n) is 3.25. The molecule has 0 aliphatic rings. The van der Waals surface area contributed by atoms with Gasteiger partial charge >= 0.3 is 0 Å². The van der Waals surface area contributed by atoms with Crippen LogP contribution in [0.2, 0.25) is 0 Å². The quantitative estimate of drug-likeness (QED) is 0.761. The van der Waals surface area contributed by atoms with E-state index in [-0.39, 0.29) is 0 Å². The Morgan fingerprint density at radius 2 is 2.36 bits per heavy atom. The summed E-state index contributed by atoms with van der Waals surface area (Å²) in [7, 11) is 0. The Kier molecular flexibility index (Phi) is 2.79. The van der Waals surface area contributed by atoms with E-state index in [1.54, 1.807) is 0 Å². The Hall–Kier alpha value is -0.670. The van der Waals surface area contributed by atoms with Crippen LogP contribution >= 0.6 is 15.9 Å². The number of halogens is 1. The van der Waals surface area contributed by atoms with E-state index in [0.717, 1.165) is 15.9 Å². The highest BCUT2D eigenvalue weighted by Gasteiger charge is 1.97. The first-order chi connectivity index (χ1) is 5.24. The average Bonchev–Trinajstić information content (AvgIpc) is 2.03. The van der Waals surface area contributed by atoms with Crippen molar-refractivity contribution in [2.24, 2.45) is 5.73 Å². The van der Waals surface area contributed by atoms with Gasteiger partial charge in [-0.15, -0.1) is 0 Å². The second kappa shape index (κ2) is 3.64. The van der Waals surface area contributed by atoms with Crippen molar-refractivity contribution >= 4 is 21.5 Å². The molecular weight excluding hydrogens is 204 g/mol. The summed E-state index contributed by atoms with van der Waals surface area (Å²) in [5.41, 5.74) is 7.10. The molecule has 58 valence electrons. The van der Waals surface area contributed by atoms with E-state index in [1.165, 1.54) is 0 Å². The van der Waals surface area contributed by atoms with Crippen molar-refractivity contribution in [3.05, 3.63) is 35.1 Å². The highest BCUT2D eigenvalue weighted by atomic mass is 79.9. The van der Waals surface area contributed by atoms with E-state index in [9.17, 15) is 0 Å². The molecule has 0 saturated heterocycles. The summed E-state index contributed by atoms with van der Waals surface area (Å²) in [5, 5.41) is 0. The second-order valence-electron chi connectivity index (χ2n) is 2.15. The predicted octanol–water partition coefficient (Wildman–Crippen LogP) is 1.82. The monoisotopic (exact) mass is 212 g/mol. The molecule has 0 aromatic carbocycles. The van der Waals surface area contributed by atoms with Crippen molar-refractivity contribution in [1.82, 2.24) is 4.98 Å². The van der Waals surface area contributed by atoms with Crippen molar-refractivity contribution in [1.29, 1.82) is 0 Å². The zero-order valence-electron chi connectivity index (χ0n) is 6.05. The molecule has 3 heteroatoms. The molecule has 0 bridgehead atoms. The van der Waals surface area contributed by atoms with E-state index in [4.69, 9.17) is 5.73 Å². The lowest BCUT2D eigenvalue weighted by Gasteiger charge is -2.00. The third-order valence-corrected chi connectivity index (χ3v) is 1.77. The lowest BCUT2D eigenvalue weighted by Crippen LogP contribution is -2.02. The van der Waals surface area contributed by atoms with Gasteiger partial charge in [0.25, 0.3) is 0 Å². The van der Waals surface area contributed by atoms with E-state index >= 15 is 0 Å². The number of hydrogen-bond donors (Lipinski definition) is 1. The number of hydrogen-bond acceptors (Lipinski definition) is 2. The van der Waals surface area contributed by atoms with Crippen LogP contribution in [0.4, 0.5) is 0 Å². The van der Waals surface area contributed by atoms with Gasteiger partial charge in [0, 0.05) is 6.54 Å². The summed E-state index contributed by atoms with van der Waals surface area (Å²) in [5.74, 6) is 0. The molecule has 2 nitrogen and oxygen atoms in total. The number of rotatable bonds is 2. The molecule has 0 radical (unpaired) electrons. The summed E-state index contributed by atoms with van der Waals surface area (Å²) < 4.78 is 0.810. The SMILES string of the molecule is C=C(CN)c1cccc(Br)n1. The fourth-order valence-corrected chi connectivity index (χ4v) is 1.05. The second-order valence-corrected chi connectivity index (χ2v) is 2.97. The molecule has 1 heterocycles. The molecule has 11 heavy (non-hydrogen) atoms. The third-order valence-electron chi connectivity index (χ3n) is 1.32. The lowest BCUT2D eigenvalue weighted by atomic mass is 10.2. The van der Waals surface area contributed by atoms with Crippen LogP contribution < -0.4 is 5.73 Å². The Balaban J connectivity index is 2.96.